The second-order valence-corrected chi connectivity index (χ2v) is 2.90. The molecule has 0 aliphatic heterocycles. The number of rotatable bonds is 5. The van der Waals surface area contributed by atoms with Gasteiger partial charge in [0, 0.05) is 0 Å². The SMILES string of the molecule is CC(C)(CC(=O)O)OCCO. The third-order valence-electron chi connectivity index (χ3n) is 1.16. The van der Waals surface area contributed by atoms with E-state index in [1.807, 2.05) is 0 Å². The summed E-state index contributed by atoms with van der Waals surface area (Å²) in [6.45, 7) is 3.46. The Bertz CT molecular complexity index is 130. The smallest absolute Gasteiger partial charge is 0.306 e. The zero-order valence-corrected chi connectivity index (χ0v) is 6.83. The first kappa shape index (κ1) is 10.4. The summed E-state index contributed by atoms with van der Waals surface area (Å²) < 4.78 is 5.06. The molecule has 4 heteroatoms. The maximum atomic E-state index is 10.2. The number of hydrogen-bond acceptors (Lipinski definition) is 3. The molecule has 0 bridgehead atoms. The van der Waals surface area contributed by atoms with Crippen LogP contribution in [0.2, 0.25) is 0 Å². The van der Waals surface area contributed by atoms with Crippen LogP contribution >= 0.6 is 0 Å². The minimum atomic E-state index is -0.895. The molecule has 0 saturated heterocycles. The number of carboxylic acids is 1. The van der Waals surface area contributed by atoms with E-state index >= 15 is 0 Å². The minimum absolute atomic E-state index is 0.0486. The Morgan fingerprint density at radius 3 is 2.45 bits per heavy atom. The van der Waals surface area contributed by atoms with Gasteiger partial charge in [-0.1, -0.05) is 0 Å². The summed E-state index contributed by atoms with van der Waals surface area (Å²) in [5.74, 6) is -0.895. The van der Waals surface area contributed by atoms with Gasteiger partial charge in [-0.2, -0.15) is 0 Å². The molecule has 0 aromatic carbocycles. The lowest BCUT2D eigenvalue weighted by molar-refractivity contribution is -0.144. The van der Waals surface area contributed by atoms with Crippen molar-refractivity contribution >= 4 is 5.97 Å². The van der Waals surface area contributed by atoms with Gasteiger partial charge in [-0.15, -0.1) is 0 Å². The van der Waals surface area contributed by atoms with Gasteiger partial charge >= 0.3 is 5.97 Å². The fourth-order valence-electron chi connectivity index (χ4n) is 0.737. The van der Waals surface area contributed by atoms with E-state index in [9.17, 15) is 4.79 Å². The Morgan fingerprint density at radius 2 is 2.09 bits per heavy atom. The first-order chi connectivity index (χ1) is 4.98. The van der Waals surface area contributed by atoms with E-state index in [-0.39, 0.29) is 19.6 Å². The van der Waals surface area contributed by atoms with E-state index in [0.717, 1.165) is 0 Å². The van der Waals surface area contributed by atoms with Crippen LogP contribution in [0.1, 0.15) is 20.3 Å². The van der Waals surface area contributed by atoms with Crippen molar-refractivity contribution in [2.24, 2.45) is 0 Å². The predicted molar refractivity (Wildman–Crippen MR) is 39.4 cm³/mol. The molecule has 0 aromatic rings. The average molecular weight is 162 g/mol. The molecule has 4 nitrogen and oxygen atoms in total. The van der Waals surface area contributed by atoms with Crippen molar-refractivity contribution in [2.45, 2.75) is 25.9 Å². The monoisotopic (exact) mass is 162 g/mol. The standard InChI is InChI=1S/C7H14O4/c1-7(2,5-6(9)10)11-4-3-8/h8H,3-5H2,1-2H3,(H,9,10). The highest BCUT2D eigenvalue weighted by molar-refractivity contribution is 5.67. The fraction of sp³-hybridized carbons (Fsp3) is 0.857. The number of carboxylic acid groups (broad SMARTS) is 1. The van der Waals surface area contributed by atoms with Crippen molar-refractivity contribution in [3.05, 3.63) is 0 Å². The van der Waals surface area contributed by atoms with Crippen LogP contribution in [-0.4, -0.2) is 35.0 Å². The van der Waals surface area contributed by atoms with Gasteiger partial charge in [0.15, 0.2) is 0 Å². The molecule has 66 valence electrons. The van der Waals surface area contributed by atoms with E-state index in [4.69, 9.17) is 14.9 Å². The third-order valence-corrected chi connectivity index (χ3v) is 1.16. The van der Waals surface area contributed by atoms with Crippen LogP contribution in [0.3, 0.4) is 0 Å². The normalized spacial score (nSPS) is 11.5. The van der Waals surface area contributed by atoms with E-state index in [2.05, 4.69) is 0 Å². The maximum Gasteiger partial charge on any atom is 0.306 e. The molecule has 0 radical (unpaired) electrons. The van der Waals surface area contributed by atoms with E-state index in [1.54, 1.807) is 13.8 Å². The lowest BCUT2D eigenvalue weighted by Gasteiger charge is -2.22. The molecule has 0 aromatic heterocycles. The topological polar surface area (TPSA) is 66.8 Å². The lowest BCUT2D eigenvalue weighted by Crippen LogP contribution is -2.29. The van der Waals surface area contributed by atoms with Gasteiger partial charge in [0.2, 0.25) is 0 Å². The largest absolute Gasteiger partial charge is 0.481 e. The van der Waals surface area contributed by atoms with Crippen molar-refractivity contribution in [3.63, 3.8) is 0 Å². The molecule has 0 heterocycles. The summed E-state index contributed by atoms with van der Waals surface area (Å²) in [4.78, 5) is 10.2. The molecule has 11 heavy (non-hydrogen) atoms. The van der Waals surface area contributed by atoms with Crippen LogP contribution < -0.4 is 0 Å². The second kappa shape index (κ2) is 4.31. The Balaban J connectivity index is 3.70. The van der Waals surface area contributed by atoms with E-state index < -0.39 is 11.6 Å². The summed E-state index contributed by atoms with van der Waals surface area (Å²) >= 11 is 0. The molecule has 0 rings (SSSR count). The molecule has 0 aliphatic carbocycles. The first-order valence-electron chi connectivity index (χ1n) is 3.44. The van der Waals surface area contributed by atoms with Gasteiger partial charge in [0.25, 0.3) is 0 Å². The highest BCUT2D eigenvalue weighted by Gasteiger charge is 2.21. The molecule has 0 amide bonds. The molecule has 0 fully saturated rings. The van der Waals surface area contributed by atoms with Crippen molar-refractivity contribution in [2.75, 3.05) is 13.2 Å². The van der Waals surface area contributed by atoms with Gasteiger partial charge in [0.05, 0.1) is 25.2 Å². The summed E-state index contributed by atoms with van der Waals surface area (Å²) in [5.41, 5.74) is -0.686. The minimum Gasteiger partial charge on any atom is -0.481 e. The van der Waals surface area contributed by atoms with Crippen LogP contribution in [-0.2, 0) is 9.53 Å². The zero-order chi connectivity index (χ0) is 8.91. The highest BCUT2D eigenvalue weighted by Crippen LogP contribution is 2.13. The third kappa shape index (κ3) is 5.82. The van der Waals surface area contributed by atoms with Crippen LogP contribution in [0.25, 0.3) is 0 Å². The van der Waals surface area contributed by atoms with Gasteiger partial charge in [-0.05, 0) is 13.8 Å². The number of hydrogen-bond donors (Lipinski definition) is 2. The summed E-state index contributed by atoms with van der Waals surface area (Å²) in [5, 5.41) is 16.8. The van der Waals surface area contributed by atoms with Crippen LogP contribution in [0.4, 0.5) is 0 Å². The highest BCUT2D eigenvalue weighted by atomic mass is 16.5. The van der Waals surface area contributed by atoms with Crippen LogP contribution in [0.15, 0.2) is 0 Å². The number of carbonyl (C=O) groups is 1. The second-order valence-electron chi connectivity index (χ2n) is 2.90. The van der Waals surface area contributed by atoms with E-state index in [1.165, 1.54) is 0 Å². The molecule has 0 saturated carbocycles. The lowest BCUT2D eigenvalue weighted by atomic mass is 10.1. The summed E-state index contributed by atoms with van der Waals surface area (Å²) in [6, 6.07) is 0. The molecule has 2 N–H and O–H groups in total. The predicted octanol–water partition coefficient (Wildman–Crippen LogP) is 0.249. The van der Waals surface area contributed by atoms with Gasteiger partial charge in [-0.25, -0.2) is 0 Å². The Morgan fingerprint density at radius 1 is 1.55 bits per heavy atom. The van der Waals surface area contributed by atoms with Crippen molar-refractivity contribution in [1.29, 1.82) is 0 Å². The summed E-state index contributed by atoms with van der Waals surface area (Å²) in [6.07, 6.45) is -0.0486. The average Bonchev–Trinajstić information content (AvgIpc) is 1.81. The van der Waals surface area contributed by atoms with Gasteiger partial charge in [0.1, 0.15) is 0 Å². The molecule has 0 spiro atoms. The van der Waals surface area contributed by atoms with E-state index in [0.29, 0.717) is 0 Å². The quantitative estimate of drug-likeness (QED) is 0.608. The van der Waals surface area contributed by atoms with Crippen molar-refractivity contribution in [1.82, 2.24) is 0 Å². The maximum absolute atomic E-state index is 10.2. The fourth-order valence-corrected chi connectivity index (χ4v) is 0.737. The zero-order valence-electron chi connectivity index (χ0n) is 6.83. The molecule has 0 unspecified atom stereocenters. The molecule has 0 aliphatic rings. The number of aliphatic hydroxyl groups is 1. The number of ether oxygens (including phenoxy) is 1. The van der Waals surface area contributed by atoms with Crippen LogP contribution in [0.5, 0.6) is 0 Å². The van der Waals surface area contributed by atoms with Crippen molar-refractivity contribution in [3.8, 4) is 0 Å². The Hall–Kier alpha value is -0.610. The molecular weight excluding hydrogens is 148 g/mol. The van der Waals surface area contributed by atoms with Crippen molar-refractivity contribution < 1.29 is 19.7 Å². The molecular formula is C7H14O4. The first-order valence-corrected chi connectivity index (χ1v) is 3.44. The number of aliphatic carboxylic acids is 1. The number of aliphatic hydroxyl groups excluding tert-OH is 1. The Labute approximate surface area is 65.8 Å². The molecule has 0 atom stereocenters. The van der Waals surface area contributed by atoms with Gasteiger partial charge < -0.3 is 14.9 Å². The summed E-state index contributed by atoms with van der Waals surface area (Å²) in [7, 11) is 0. The van der Waals surface area contributed by atoms with Crippen LogP contribution in [0, 0.1) is 0 Å². The van der Waals surface area contributed by atoms with Gasteiger partial charge in [-0.3, -0.25) is 4.79 Å². The Kier molecular flexibility index (Phi) is 4.07.